The molecular weight excluding hydrogens is 449 g/mol. The number of aryl methyl sites for hydroxylation is 1. The van der Waals surface area contributed by atoms with E-state index in [-0.39, 0.29) is 41.5 Å². The highest BCUT2D eigenvalue weighted by atomic mass is 32.2. The fourth-order valence-electron chi connectivity index (χ4n) is 3.38. The molecule has 1 aromatic rings. The van der Waals surface area contributed by atoms with Gasteiger partial charge in [-0.05, 0) is 44.9 Å². The molecule has 3 aliphatic rings. The number of nitrogens with zero attached hydrogens (tertiary/aromatic N) is 3. The summed E-state index contributed by atoms with van der Waals surface area (Å²) in [5.74, 6) is -0.00211. The third kappa shape index (κ3) is 3.94. The minimum absolute atomic E-state index is 0.0216. The number of nitrogens with one attached hydrogen (secondary N) is 1. The number of sulfonamides is 1. The number of pyridine rings is 2. The van der Waals surface area contributed by atoms with Crippen LogP contribution >= 0.6 is 0 Å². The summed E-state index contributed by atoms with van der Waals surface area (Å²) < 4.78 is 72.9. The summed E-state index contributed by atoms with van der Waals surface area (Å²) in [5, 5.41) is 10.2. The van der Waals surface area contributed by atoms with Crippen molar-refractivity contribution in [1.82, 2.24) is 14.7 Å². The van der Waals surface area contributed by atoms with Crippen molar-refractivity contribution in [2.24, 2.45) is 5.41 Å². The second-order valence-electron chi connectivity index (χ2n) is 7.84. The minimum Gasteiger partial charge on any atom is -0.476 e. The Kier molecular flexibility index (Phi) is 5.23. The molecule has 0 radical (unpaired) electrons. The average Bonchev–Trinajstić information content (AvgIpc) is 3.38. The summed E-state index contributed by atoms with van der Waals surface area (Å²) in [6.45, 7) is 2.50. The van der Waals surface area contributed by atoms with E-state index in [0.717, 1.165) is 4.73 Å². The van der Waals surface area contributed by atoms with Crippen molar-refractivity contribution in [2.75, 3.05) is 17.1 Å². The summed E-state index contributed by atoms with van der Waals surface area (Å²) in [6, 6.07) is 4.68. The van der Waals surface area contributed by atoms with Crippen LogP contribution in [0.15, 0.2) is 30.6 Å². The van der Waals surface area contributed by atoms with E-state index in [1.807, 2.05) is 0 Å². The highest BCUT2D eigenvalue weighted by Gasteiger charge is 2.64. The Bertz CT molecular complexity index is 1240. The van der Waals surface area contributed by atoms with Gasteiger partial charge in [-0.25, -0.2) is 18.4 Å². The highest BCUT2D eigenvalue weighted by molar-refractivity contribution is 7.92. The van der Waals surface area contributed by atoms with Crippen LogP contribution in [0.5, 0.6) is 5.88 Å². The maximum atomic E-state index is 13.4. The number of rotatable bonds is 7. The quantitative estimate of drug-likeness (QED) is 0.504. The van der Waals surface area contributed by atoms with Crippen LogP contribution in [0.2, 0.25) is 0 Å². The van der Waals surface area contributed by atoms with Gasteiger partial charge in [0.05, 0.1) is 23.3 Å². The molecule has 8 nitrogen and oxygen atoms in total. The van der Waals surface area contributed by atoms with Crippen LogP contribution in [0, 0.1) is 12.3 Å². The third-order valence-electron chi connectivity index (χ3n) is 5.59. The van der Waals surface area contributed by atoms with Gasteiger partial charge in [0, 0.05) is 22.9 Å². The maximum absolute atomic E-state index is 13.4. The van der Waals surface area contributed by atoms with E-state index >= 15 is 0 Å². The van der Waals surface area contributed by atoms with E-state index in [1.165, 1.54) is 25.4 Å². The number of aromatic nitrogens is 3. The highest BCUT2D eigenvalue weighted by Crippen LogP contribution is 2.57. The Balaban J connectivity index is 1.80. The zero-order valence-electron chi connectivity index (χ0n) is 17.3. The van der Waals surface area contributed by atoms with Crippen molar-refractivity contribution < 1.29 is 31.5 Å². The number of ether oxygens (including phenoxy) is 1. The predicted molar refractivity (Wildman–Crippen MR) is 110 cm³/mol. The summed E-state index contributed by atoms with van der Waals surface area (Å²) in [7, 11) is -3.61. The smallest absolute Gasteiger partial charge is 0.397 e. The van der Waals surface area contributed by atoms with Crippen molar-refractivity contribution in [3.8, 4) is 28.4 Å². The topological polar surface area (TPSA) is 106 Å². The Labute approximate surface area is 182 Å². The lowest BCUT2D eigenvalue weighted by Crippen LogP contribution is -2.30. The van der Waals surface area contributed by atoms with E-state index in [1.54, 1.807) is 19.1 Å². The van der Waals surface area contributed by atoms with Gasteiger partial charge in [-0.15, -0.1) is 0 Å². The van der Waals surface area contributed by atoms with Gasteiger partial charge in [-0.1, -0.05) is 0 Å². The molecule has 1 saturated carbocycles. The van der Waals surface area contributed by atoms with E-state index in [4.69, 9.17) is 4.74 Å². The van der Waals surface area contributed by atoms with E-state index in [9.17, 15) is 26.8 Å². The standard InChI is InChI=1S/C20H21F3N4O4S/c1-3-32(29,30)26-13-9-16(15-8-12(2)27(28)17-14(15)4-7-24-17)18(25-10-13)31-11-19(5-6-19)20(21,22)23/h4,7-10,26,28H,3,5-6,11H2,1-2H3. The molecule has 0 spiro atoms. The lowest BCUT2D eigenvalue weighted by molar-refractivity contribution is -0.194. The first kappa shape index (κ1) is 22.2. The van der Waals surface area contributed by atoms with Gasteiger partial charge in [0.1, 0.15) is 12.0 Å². The second kappa shape index (κ2) is 7.54. The summed E-state index contributed by atoms with van der Waals surface area (Å²) in [6.07, 6.45) is -1.76. The van der Waals surface area contributed by atoms with Gasteiger partial charge in [-0.3, -0.25) is 4.72 Å². The molecule has 2 N–H and O–H groups in total. The summed E-state index contributed by atoms with van der Waals surface area (Å²) >= 11 is 0. The fraction of sp³-hybridized carbons (Fsp3) is 0.400. The molecule has 4 rings (SSSR count). The first-order valence-electron chi connectivity index (χ1n) is 9.83. The molecule has 0 aromatic carbocycles. The molecule has 2 aliphatic heterocycles. The number of anilines is 1. The molecule has 0 saturated heterocycles. The van der Waals surface area contributed by atoms with Crippen LogP contribution in [0.3, 0.4) is 0 Å². The summed E-state index contributed by atoms with van der Waals surface area (Å²) in [5.41, 5.74) is -0.0926. The van der Waals surface area contributed by atoms with E-state index in [0.29, 0.717) is 16.8 Å². The molecule has 0 unspecified atom stereocenters. The zero-order valence-corrected chi connectivity index (χ0v) is 18.1. The van der Waals surface area contributed by atoms with Crippen LogP contribution in [0.25, 0.3) is 22.5 Å². The number of alkyl halides is 3. The van der Waals surface area contributed by atoms with Gasteiger partial charge in [0.25, 0.3) is 0 Å². The summed E-state index contributed by atoms with van der Waals surface area (Å²) in [4.78, 5) is 8.23. The van der Waals surface area contributed by atoms with Gasteiger partial charge < -0.3 is 9.94 Å². The Morgan fingerprint density at radius 3 is 2.56 bits per heavy atom. The van der Waals surface area contributed by atoms with Gasteiger partial charge in [-0.2, -0.15) is 17.9 Å². The minimum atomic E-state index is -4.39. The fourth-order valence-corrected chi connectivity index (χ4v) is 3.99. The van der Waals surface area contributed by atoms with Crippen molar-refractivity contribution in [3.63, 3.8) is 0 Å². The van der Waals surface area contributed by atoms with Crippen molar-refractivity contribution in [1.29, 1.82) is 0 Å². The Morgan fingerprint density at radius 2 is 1.94 bits per heavy atom. The molecular formula is C20H21F3N4O4S. The molecule has 172 valence electrons. The molecule has 0 bridgehead atoms. The number of fused-ring (bicyclic) bond motifs is 1. The molecule has 3 heterocycles. The Morgan fingerprint density at radius 1 is 1.22 bits per heavy atom. The first-order chi connectivity index (χ1) is 15.0. The van der Waals surface area contributed by atoms with Crippen molar-refractivity contribution >= 4 is 15.7 Å². The zero-order chi connectivity index (χ0) is 23.3. The molecule has 1 aliphatic carbocycles. The first-order valence-corrected chi connectivity index (χ1v) is 11.5. The van der Waals surface area contributed by atoms with E-state index < -0.39 is 28.2 Å². The maximum Gasteiger partial charge on any atom is 0.397 e. The van der Waals surface area contributed by atoms with Crippen molar-refractivity contribution in [3.05, 3.63) is 36.3 Å². The molecule has 0 amide bonds. The van der Waals surface area contributed by atoms with Gasteiger partial charge in [0.15, 0.2) is 5.82 Å². The number of halogens is 3. The van der Waals surface area contributed by atoms with Crippen LogP contribution in [-0.4, -0.2) is 46.9 Å². The van der Waals surface area contributed by atoms with Gasteiger partial charge >= 0.3 is 6.18 Å². The monoisotopic (exact) mass is 470 g/mol. The largest absolute Gasteiger partial charge is 0.476 e. The lowest BCUT2D eigenvalue weighted by Gasteiger charge is -2.21. The van der Waals surface area contributed by atoms with Crippen LogP contribution in [0.1, 0.15) is 25.5 Å². The molecule has 1 fully saturated rings. The predicted octanol–water partition coefficient (Wildman–Crippen LogP) is 4.08. The lowest BCUT2D eigenvalue weighted by atomic mass is 10.00. The van der Waals surface area contributed by atoms with Gasteiger partial charge in [0.2, 0.25) is 15.9 Å². The number of hydrogen-bond acceptors (Lipinski definition) is 6. The van der Waals surface area contributed by atoms with Crippen LogP contribution in [0.4, 0.5) is 18.9 Å². The third-order valence-corrected chi connectivity index (χ3v) is 6.90. The second-order valence-corrected chi connectivity index (χ2v) is 9.85. The normalized spacial score (nSPS) is 15.7. The molecule has 12 heteroatoms. The Hall–Kier alpha value is -3.02. The SMILES string of the molecule is CCS(=O)(=O)Nc1cnc(OCC2(C(F)(F)F)CC2)c(-c2cc(C)n(O)c3nccc2-3)c1. The van der Waals surface area contributed by atoms with Crippen LogP contribution < -0.4 is 9.46 Å². The molecule has 1 aromatic heterocycles. The number of hydrogen-bond donors (Lipinski definition) is 2. The average molecular weight is 470 g/mol. The molecule has 32 heavy (non-hydrogen) atoms. The van der Waals surface area contributed by atoms with Crippen LogP contribution in [-0.2, 0) is 10.0 Å². The molecule has 0 atom stereocenters. The van der Waals surface area contributed by atoms with Crippen molar-refractivity contribution in [2.45, 2.75) is 32.9 Å². The van der Waals surface area contributed by atoms with E-state index in [2.05, 4.69) is 14.7 Å².